The summed E-state index contributed by atoms with van der Waals surface area (Å²) in [6.45, 7) is 7.10. The standard InChI is InChI=1S/C38H45N9O5/c39-30(28-3-1-2-4-33(28)48)20-32-35(40)41-21-26-22-45(17-18-46(26)32)24-11-13-43(14-12-24)23-9-15-44(16-10-23)25-5-6-27-29(19-25)38(52)47(37(27)51)31-7-8-34(49)42-36(31)50/h1-6,19-20,23-24,26,31,39,48H,7-18,21-22H2,(H2,40,41)(H,42,49,50)/b32-20+,39-30?. The van der Waals surface area contributed by atoms with E-state index in [2.05, 4.69) is 29.9 Å². The average molecular weight is 708 g/mol. The number of carbonyl (C=O) groups excluding carboxylic acids is 4. The van der Waals surface area contributed by atoms with Crippen molar-refractivity contribution >= 4 is 40.9 Å². The number of anilines is 1. The van der Waals surface area contributed by atoms with E-state index in [1.807, 2.05) is 12.1 Å². The van der Waals surface area contributed by atoms with Crippen molar-refractivity contribution in [3.8, 4) is 5.75 Å². The van der Waals surface area contributed by atoms with Gasteiger partial charge in [0, 0.05) is 62.5 Å². The van der Waals surface area contributed by atoms with E-state index in [4.69, 9.17) is 11.1 Å². The molecular weight excluding hydrogens is 662 g/mol. The Morgan fingerprint density at radius 3 is 2.31 bits per heavy atom. The molecule has 2 atom stereocenters. The quantitative estimate of drug-likeness (QED) is 0.254. The highest BCUT2D eigenvalue weighted by molar-refractivity contribution is 6.23. The Morgan fingerprint density at radius 1 is 0.846 bits per heavy atom. The summed E-state index contributed by atoms with van der Waals surface area (Å²) in [5.41, 5.74) is 9.31. The molecule has 6 aliphatic heterocycles. The van der Waals surface area contributed by atoms with Gasteiger partial charge in [0.15, 0.2) is 0 Å². The number of piperazine rings is 1. The summed E-state index contributed by atoms with van der Waals surface area (Å²) < 4.78 is 0. The topological polar surface area (TPSA) is 179 Å². The first-order valence-corrected chi connectivity index (χ1v) is 18.4. The lowest BCUT2D eigenvalue weighted by molar-refractivity contribution is -0.136. The van der Waals surface area contributed by atoms with Crippen molar-refractivity contribution in [1.82, 2.24) is 24.9 Å². The van der Waals surface area contributed by atoms with Crippen LogP contribution in [0.2, 0.25) is 0 Å². The van der Waals surface area contributed by atoms with E-state index < -0.39 is 23.8 Å². The SMILES string of the molecule is N=C(/C=C1\C(N)=NCC2CN(C3CCN(C4CCN(c5ccc6c(c5)C(=O)N(C5CCC(=O)NC5=O)C6=O)CC4)CC3)CCN12)c1ccccc1O. The number of nitrogens with two attached hydrogens (primary N) is 1. The molecule has 4 saturated heterocycles. The van der Waals surface area contributed by atoms with Gasteiger partial charge in [-0.25, -0.2) is 0 Å². The highest BCUT2D eigenvalue weighted by atomic mass is 16.3. The molecular formula is C38H45N9O5. The minimum atomic E-state index is -0.965. The molecule has 5 N–H and O–H groups in total. The fourth-order valence-corrected chi connectivity index (χ4v) is 8.95. The van der Waals surface area contributed by atoms with Crippen LogP contribution in [-0.2, 0) is 9.59 Å². The third-order valence-corrected chi connectivity index (χ3v) is 11.8. The number of nitrogens with zero attached hydrogens (tertiary/aromatic N) is 6. The van der Waals surface area contributed by atoms with Gasteiger partial charge in [0.1, 0.15) is 17.6 Å². The number of carbonyl (C=O) groups is 4. The molecule has 0 spiro atoms. The van der Waals surface area contributed by atoms with Crippen LogP contribution < -0.4 is 16.0 Å². The lowest BCUT2D eigenvalue weighted by Crippen LogP contribution is -2.60. The summed E-state index contributed by atoms with van der Waals surface area (Å²) in [4.78, 5) is 66.0. The Bertz CT molecular complexity index is 1880. The number of allylic oxidation sites excluding steroid dienone is 1. The second kappa shape index (κ2) is 13.8. The van der Waals surface area contributed by atoms with Gasteiger partial charge in [0.25, 0.3) is 11.8 Å². The van der Waals surface area contributed by atoms with Crippen molar-refractivity contribution in [2.24, 2.45) is 10.7 Å². The Hall–Kier alpha value is -5.08. The molecule has 2 aromatic rings. The second-order valence-corrected chi connectivity index (χ2v) is 14.7. The maximum Gasteiger partial charge on any atom is 0.262 e. The van der Waals surface area contributed by atoms with Gasteiger partial charge in [-0.2, -0.15) is 0 Å². The second-order valence-electron chi connectivity index (χ2n) is 14.7. The number of hydrogen-bond donors (Lipinski definition) is 4. The smallest absolute Gasteiger partial charge is 0.262 e. The molecule has 52 heavy (non-hydrogen) atoms. The number of phenolic OH excluding ortho intramolecular Hbond substituents is 1. The number of amidine groups is 1. The van der Waals surface area contributed by atoms with Crippen LogP contribution in [0.5, 0.6) is 5.75 Å². The minimum Gasteiger partial charge on any atom is -0.507 e. The van der Waals surface area contributed by atoms with E-state index in [1.165, 1.54) is 0 Å². The number of phenols is 1. The van der Waals surface area contributed by atoms with Crippen molar-refractivity contribution in [2.75, 3.05) is 57.3 Å². The number of nitrogens with one attached hydrogen (secondary N) is 2. The zero-order chi connectivity index (χ0) is 36.1. The number of likely N-dealkylation sites (tertiary alicyclic amines) is 1. The van der Waals surface area contributed by atoms with Crippen LogP contribution in [0.1, 0.15) is 64.8 Å². The molecule has 4 fully saturated rings. The van der Waals surface area contributed by atoms with Gasteiger partial charge < -0.3 is 30.9 Å². The molecule has 6 heterocycles. The van der Waals surface area contributed by atoms with Crippen molar-refractivity contribution in [3.05, 3.63) is 70.9 Å². The largest absolute Gasteiger partial charge is 0.507 e. The zero-order valence-corrected chi connectivity index (χ0v) is 29.2. The van der Waals surface area contributed by atoms with Crippen molar-refractivity contribution in [2.45, 2.75) is 62.7 Å². The van der Waals surface area contributed by atoms with Crippen LogP contribution in [0.3, 0.4) is 0 Å². The first kappa shape index (κ1) is 34.0. The Labute approximate surface area is 302 Å². The molecule has 14 nitrogen and oxygen atoms in total. The van der Waals surface area contributed by atoms with Gasteiger partial charge in [0.2, 0.25) is 11.8 Å². The van der Waals surface area contributed by atoms with Crippen molar-refractivity contribution in [3.63, 3.8) is 0 Å². The van der Waals surface area contributed by atoms with Gasteiger partial charge >= 0.3 is 0 Å². The van der Waals surface area contributed by atoms with Crippen LogP contribution >= 0.6 is 0 Å². The predicted octanol–water partition coefficient (Wildman–Crippen LogP) is 1.54. The van der Waals surface area contributed by atoms with E-state index in [-0.39, 0.29) is 36.3 Å². The Kier molecular flexibility index (Phi) is 9.04. The van der Waals surface area contributed by atoms with Gasteiger partial charge in [-0.15, -0.1) is 0 Å². The van der Waals surface area contributed by atoms with Gasteiger partial charge in [0.05, 0.1) is 35.1 Å². The summed E-state index contributed by atoms with van der Waals surface area (Å²) in [5, 5.41) is 21.1. The van der Waals surface area contributed by atoms with E-state index in [0.29, 0.717) is 41.2 Å². The number of imide groups is 2. The molecule has 272 valence electrons. The molecule has 14 heteroatoms. The summed E-state index contributed by atoms with van der Waals surface area (Å²) in [6, 6.07) is 12.5. The van der Waals surface area contributed by atoms with Crippen LogP contribution in [0.25, 0.3) is 0 Å². The molecule has 2 aromatic carbocycles. The number of piperidine rings is 3. The third kappa shape index (κ3) is 6.23. The first-order valence-electron chi connectivity index (χ1n) is 18.4. The number of hydrogen-bond acceptors (Lipinski definition) is 12. The summed E-state index contributed by atoms with van der Waals surface area (Å²) in [7, 11) is 0. The van der Waals surface area contributed by atoms with Gasteiger partial charge in [-0.05, 0) is 81.6 Å². The summed E-state index contributed by atoms with van der Waals surface area (Å²) in [6.07, 6.45) is 6.24. The molecule has 4 amide bonds. The van der Waals surface area contributed by atoms with Crippen LogP contribution in [0, 0.1) is 5.41 Å². The van der Waals surface area contributed by atoms with Crippen LogP contribution in [0.15, 0.2) is 59.2 Å². The lowest BCUT2D eigenvalue weighted by Gasteiger charge is -2.49. The number of aliphatic imine (C=N–C) groups is 1. The Morgan fingerprint density at radius 2 is 1.56 bits per heavy atom. The maximum absolute atomic E-state index is 13.3. The number of aromatic hydroxyl groups is 1. The highest BCUT2D eigenvalue weighted by Gasteiger charge is 2.45. The molecule has 0 radical (unpaired) electrons. The molecule has 6 aliphatic rings. The van der Waals surface area contributed by atoms with Crippen molar-refractivity contribution < 1.29 is 24.3 Å². The monoisotopic (exact) mass is 707 g/mol. The van der Waals surface area contributed by atoms with E-state index in [1.54, 1.807) is 36.4 Å². The molecule has 2 unspecified atom stereocenters. The van der Waals surface area contributed by atoms with E-state index in [9.17, 15) is 24.3 Å². The zero-order valence-electron chi connectivity index (χ0n) is 29.2. The average Bonchev–Trinajstić information content (AvgIpc) is 3.41. The minimum absolute atomic E-state index is 0.0750. The number of para-hydroxylation sites is 1. The highest BCUT2D eigenvalue weighted by Crippen LogP contribution is 2.33. The number of fused-ring (bicyclic) bond motifs is 2. The molecule has 0 saturated carbocycles. The third-order valence-electron chi connectivity index (χ3n) is 11.8. The maximum atomic E-state index is 13.3. The van der Waals surface area contributed by atoms with Crippen LogP contribution in [-0.4, -0.2) is 136 Å². The van der Waals surface area contributed by atoms with Gasteiger partial charge in [-0.1, -0.05) is 12.1 Å². The van der Waals surface area contributed by atoms with Gasteiger partial charge in [-0.3, -0.25) is 39.3 Å². The number of rotatable bonds is 6. The predicted molar refractivity (Wildman–Crippen MR) is 195 cm³/mol. The fourth-order valence-electron chi connectivity index (χ4n) is 8.95. The molecule has 0 aliphatic carbocycles. The molecule has 0 aromatic heterocycles. The normalized spacial score (nSPS) is 26.0. The fraction of sp³-hybridized carbons (Fsp3) is 0.474. The molecule has 8 rings (SSSR count). The van der Waals surface area contributed by atoms with Crippen LogP contribution in [0.4, 0.5) is 5.69 Å². The van der Waals surface area contributed by atoms with E-state index >= 15 is 0 Å². The number of amides is 4. The number of benzene rings is 2. The lowest BCUT2D eigenvalue weighted by atomic mass is 9.95. The summed E-state index contributed by atoms with van der Waals surface area (Å²) >= 11 is 0. The molecule has 0 bridgehead atoms. The Balaban J connectivity index is 0.832. The first-order chi connectivity index (χ1) is 25.2. The van der Waals surface area contributed by atoms with Crippen molar-refractivity contribution in [1.29, 1.82) is 5.41 Å². The summed E-state index contributed by atoms with van der Waals surface area (Å²) in [5.74, 6) is -1.42. The van der Waals surface area contributed by atoms with E-state index in [0.717, 1.165) is 87.8 Å².